The van der Waals surface area contributed by atoms with Crippen LogP contribution < -0.4 is 4.74 Å². The van der Waals surface area contributed by atoms with Crippen LogP contribution in [0.3, 0.4) is 0 Å². The molecule has 3 aromatic rings. The van der Waals surface area contributed by atoms with Crippen molar-refractivity contribution in [2.24, 2.45) is 0 Å². The van der Waals surface area contributed by atoms with Crippen molar-refractivity contribution < 1.29 is 18.3 Å². The molecule has 0 saturated carbocycles. The third-order valence-electron chi connectivity index (χ3n) is 4.20. The topological polar surface area (TPSA) is 68.5 Å². The van der Waals surface area contributed by atoms with Crippen LogP contribution in [0.4, 0.5) is 4.39 Å². The van der Waals surface area contributed by atoms with Crippen molar-refractivity contribution >= 4 is 17.7 Å². The number of nitrogens with zero attached hydrogens (tertiary/aromatic N) is 3. The van der Waals surface area contributed by atoms with E-state index in [1.54, 1.807) is 31.0 Å². The normalized spacial score (nSPS) is 11.9. The predicted octanol–water partition coefficient (Wildman–Crippen LogP) is 4.41. The van der Waals surface area contributed by atoms with E-state index in [4.69, 9.17) is 9.15 Å². The molecule has 2 aromatic carbocycles. The first-order chi connectivity index (χ1) is 13.9. The Morgan fingerprint density at radius 3 is 2.66 bits per heavy atom. The molecule has 1 atom stereocenters. The molecule has 1 unspecified atom stereocenters. The second kappa shape index (κ2) is 9.56. The van der Waals surface area contributed by atoms with Crippen molar-refractivity contribution in [2.75, 3.05) is 12.8 Å². The summed E-state index contributed by atoms with van der Waals surface area (Å²) >= 11 is 1.16. The second-order valence-electron chi connectivity index (χ2n) is 6.62. The summed E-state index contributed by atoms with van der Waals surface area (Å²) in [6.07, 6.45) is -0.617. The van der Waals surface area contributed by atoms with Gasteiger partial charge in [0.1, 0.15) is 0 Å². The second-order valence-corrected chi connectivity index (χ2v) is 7.55. The molecule has 0 aliphatic rings. The van der Waals surface area contributed by atoms with Crippen LogP contribution in [-0.4, -0.2) is 33.8 Å². The SMILES string of the molecule is Cc1ccc(CN(C)C(=O)CSc2nnc(C(C)Oc3ccccc3F)o2)cc1. The molecule has 8 heteroatoms. The van der Waals surface area contributed by atoms with Crippen molar-refractivity contribution in [3.63, 3.8) is 0 Å². The molecule has 29 heavy (non-hydrogen) atoms. The number of ether oxygens (including phenoxy) is 1. The average Bonchev–Trinajstić information content (AvgIpc) is 3.19. The minimum absolute atomic E-state index is 0.0500. The lowest BCUT2D eigenvalue weighted by Gasteiger charge is -2.16. The minimum Gasteiger partial charge on any atom is -0.478 e. The molecule has 0 aliphatic heterocycles. The molecule has 1 amide bonds. The van der Waals surface area contributed by atoms with Crippen molar-refractivity contribution in [3.8, 4) is 5.75 Å². The molecule has 0 N–H and O–H groups in total. The van der Waals surface area contributed by atoms with Gasteiger partial charge in [0.05, 0.1) is 5.75 Å². The molecule has 1 aromatic heterocycles. The summed E-state index contributed by atoms with van der Waals surface area (Å²) in [7, 11) is 1.76. The average molecular weight is 415 g/mol. The van der Waals surface area contributed by atoms with E-state index >= 15 is 0 Å². The van der Waals surface area contributed by atoms with E-state index in [9.17, 15) is 9.18 Å². The molecule has 0 saturated heterocycles. The molecule has 6 nitrogen and oxygen atoms in total. The number of hydrogen-bond donors (Lipinski definition) is 0. The molecular formula is C21H22FN3O3S. The van der Waals surface area contributed by atoms with Gasteiger partial charge < -0.3 is 14.1 Å². The van der Waals surface area contributed by atoms with Crippen LogP contribution in [0, 0.1) is 12.7 Å². The van der Waals surface area contributed by atoms with Gasteiger partial charge in [0, 0.05) is 13.6 Å². The smallest absolute Gasteiger partial charge is 0.277 e. The van der Waals surface area contributed by atoms with Crippen molar-refractivity contribution in [2.45, 2.75) is 31.7 Å². The fourth-order valence-electron chi connectivity index (χ4n) is 2.51. The highest BCUT2D eigenvalue weighted by atomic mass is 32.2. The third-order valence-corrected chi connectivity index (χ3v) is 5.00. The first-order valence-corrected chi connectivity index (χ1v) is 10.1. The van der Waals surface area contributed by atoms with Crippen molar-refractivity contribution in [1.82, 2.24) is 15.1 Å². The molecule has 0 radical (unpaired) electrons. The van der Waals surface area contributed by atoms with Gasteiger partial charge in [-0.3, -0.25) is 4.79 Å². The number of carbonyl (C=O) groups is 1. The number of rotatable bonds is 8. The molecule has 0 bridgehead atoms. The molecule has 1 heterocycles. The Balaban J connectivity index is 1.51. The van der Waals surface area contributed by atoms with Gasteiger partial charge >= 0.3 is 0 Å². The van der Waals surface area contributed by atoms with Gasteiger partial charge in [0.15, 0.2) is 17.7 Å². The van der Waals surface area contributed by atoms with Gasteiger partial charge in [-0.15, -0.1) is 10.2 Å². The van der Waals surface area contributed by atoms with E-state index in [0.717, 1.165) is 17.3 Å². The molecule has 152 valence electrons. The fraction of sp³-hybridized carbons (Fsp3) is 0.286. The maximum atomic E-state index is 13.7. The van der Waals surface area contributed by atoms with Gasteiger partial charge in [0.25, 0.3) is 11.1 Å². The summed E-state index contributed by atoms with van der Waals surface area (Å²) in [5.74, 6) is -0.00908. The lowest BCUT2D eigenvalue weighted by Crippen LogP contribution is -2.27. The first-order valence-electron chi connectivity index (χ1n) is 9.09. The Hall–Kier alpha value is -2.87. The zero-order chi connectivity index (χ0) is 20.8. The van der Waals surface area contributed by atoms with E-state index < -0.39 is 11.9 Å². The fourth-order valence-corrected chi connectivity index (χ4v) is 3.22. The number of halogens is 1. The zero-order valence-electron chi connectivity index (χ0n) is 16.5. The Morgan fingerprint density at radius 2 is 1.93 bits per heavy atom. The van der Waals surface area contributed by atoms with E-state index in [0.29, 0.717) is 6.54 Å². The van der Waals surface area contributed by atoms with Crippen LogP contribution in [-0.2, 0) is 11.3 Å². The van der Waals surface area contributed by atoms with Crippen LogP contribution in [0.2, 0.25) is 0 Å². The summed E-state index contributed by atoms with van der Waals surface area (Å²) in [6, 6.07) is 14.2. The molecule has 0 spiro atoms. The van der Waals surface area contributed by atoms with Crippen LogP contribution in [0.25, 0.3) is 0 Å². The summed E-state index contributed by atoms with van der Waals surface area (Å²) in [5.41, 5.74) is 2.24. The quantitative estimate of drug-likeness (QED) is 0.508. The first kappa shape index (κ1) is 20.9. The minimum atomic E-state index is -0.617. The number of aromatic nitrogens is 2. The lowest BCUT2D eigenvalue weighted by molar-refractivity contribution is -0.127. The Morgan fingerprint density at radius 1 is 1.21 bits per heavy atom. The molecular weight excluding hydrogens is 393 g/mol. The van der Waals surface area contributed by atoms with Crippen molar-refractivity contribution in [3.05, 3.63) is 71.4 Å². The maximum Gasteiger partial charge on any atom is 0.277 e. The number of amides is 1. The summed E-state index contributed by atoms with van der Waals surface area (Å²) in [5, 5.41) is 8.12. The molecule has 3 rings (SSSR count). The highest BCUT2D eigenvalue weighted by molar-refractivity contribution is 7.99. The van der Waals surface area contributed by atoms with Crippen molar-refractivity contribution in [1.29, 1.82) is 0 Å². The number of hydrogen-bond acceptors (Lipinski definition) is 6. The highest BCUT2D eigenvalue weighted by Crippen LogP contribution is 2.25. The maximum absolute atomic E-state index is 13.7. The van der Waals surface area contributed by atoms with Gasteiger partial charge in [-0.05, 0) is 31.5 Å². The van der Waals surface area contributed by atoms with Gasteiger partial charge in [-0.1, -0.05) is 53.7 Å². The Bertz CT molecular complexity index is 962. The van der Waals surface area contributed by atoms with E-state index in [-0.39, 0.29) is 28.5 Å². The standard InChI is InChI=1S/C21H22FN3O3S/c1-14-8-10-16(11-9-14)12-25(3)19(26)13-29-21-24-23-20(28-21)15(2)27-18-7-5-4-6-17(18)22/h4-11,15H,12-13H2,1-3H3. The van der Waals surface area contributed by atoms with Gasteiger partial charge in [-0.2, -0.15) is 0 Å². The van der Waals surface area contributed by atoms with Crippen LogP contribution >= 0.6 is 11.8 Å². The van der Waals surface area contributed by atoms with E-state index in [1.807, 2.05) is 31.2 Å². The van der Waals surface area contributed by atoms with Crippen LogP contribution in [0.1, 0.15) is 30.0 Å². The number of benzene rings is 2. The lowest BCUT2D eigenvalue weighted by atomic mass is 10.1. The van der Waals surface area contributed by atoms with E-state index in [1.165, 1.54) is 17.7 Å². The van der Waals surface area contributed by atoms with E-state index in [2.05, 4.69) is 10.2 Å². The summed E-state index contributed by atoms with van der Waals surface area (Å²) in [4.78, 5) is 14.0. The van der Waals surface area contributed by atoms with Gasteiger partial charge in [-0.25, -0.2) is 4.39 Å². The van der Waals surface area contributed by atoms with Crippen LogP contribution in [0.5, 0.6) is 5.75 Å². The number of para-hydroxylation sites is 1. The zero-order valence-corrected chi connectivity index (χ0v) is 17.3. The molecule has 0 fully saturated rings. The largest absolute Gasteiger partial charge is 0.478 e. The summed E-state index contributed by atoms with van der Waals surface area (Å²) < 4.78 is 24.8. The van der Waals surface area contributed by atoms with Crippen LogP contribution in [0.15, 0.2) is 58.2 Å². The number of thioether (sulfide) groups is 1. The number of carbonyl (C=O) groups excluding carboxylic acids is 1. The molecule has 0 aliphatic carbocycles. The highest BCUT2D eigenvalue weighted by Gasteiger charge is 2.19. The Kier molecular flexibility index (Phi) is 6.87. The predicted molar refractivity (Wildman–Crippen MR) is 108 cm³/mol. The third kappa shape index (κ3) is 5.80. The van der Waals surface area contributed by atoms with Gasteiger partial charge in [0.2, 0.25) is 5.91 Å². The monoisotopic (exact) mass is 415 g/mol. The number of aryl methyl sites for hydroxylation is 1. The summed E-state index contributed by atoms with van der Waals surface area (Å²) in [6.45, 7) is 4.24. The Labute approximate surface area is 173 Å².